The highest BCUT2D eigenvalue weighted by Gasteiger charge is 2.21. The molecule has 1 saturated heterocycles. The van der Waals surface area contributed by atoms with E-state index in [1.165, 1.54) is 17.8 Å². The van der Waals surface area contributed by atoms with Gasteiger partial charge in [-0.25, -0.2) is 4.39 Å². The smallest absolute Gasteiger partial charge is 0.223 e. The van der Waals surface area contributed by atoms with Crippen LogP contribution in [0.2, 0.25) is 0 Å². The fourth-order valence-electron chi connectivity index (χ4n) is 2.39. The zero-order valence-corrected chi connectivity index (χ0v) is 12.4. The highest BCUT2D eigenvalue weighted by Crippen LogP contribution is 2.23. The monoisotopic (exact) mass is 296 g/mol. The fraction of sp³-hybridized carbons (Fsp3) is 0.533. The molecule has 0 unspecified atom stereocenters. The Labute approximate surface area is 123 Å². The quantitative estimate of drug-likeness (QED) is 0.849. The van der Waals surface area contributed by atoms with Crippen molar-refractivity contribution in [3.63, 3.8) is 0 Å². The highest BCUT2D eigenvalue weighted by atomic mass is 32.2. The molecule has 0 bridgehead atoms. The summed E-state index contributed by atoms with van der Waals surface area (Å²) >= 11 is 1.40. The van der Waals surface area contributed by atoms with Crippen molar-refractivity contribution in [2.75, 3.05) is 25.4 Å². The van der Waals surface area contributed by atoms with Gasteiger partial charge in [0.2, 0.25) is 5.91 Å². The van der Waals surface area contributed by atoms with Gasteiger partial charge in [-0.2, -0.15) is 0 Å². The lowest BCUT2D eigenvalue weighted by Gasteiger charge is -2.31. The molecule has 1 amide bonds. The molecule has 1 aromatic carbocycles. The van der Waals surface area contributed by atoms with Crippen LogP contribution in [0.15, 0.2) is 29.2 Å². The number of carbonyl (C=O) groups is 1. The number of benzene rings is 1. The van der Waals surface area contributed by atoms with Crippen LogP contribution in [0, 0.1) is 11.7 Å². The van der Waals surface area contributed by atoms with Crippen molar-refractivity contribution in [3.8, 4) is 0 Å². The summed E-state index contributed by atoms with van der Waals surface area (Å²) in [7, 11) is 0. The second kappa shape index (κ2) is 7.64. The van der Waals surface area contributed by atoms with Crippen LogP contribution < -0.4 is 5.73 Å². The molecule has 0 aromatic heterocycles. The van der Waals surface area contributed by atoms with E-state index < -0.39 is 0 Å². The van der Waals surface area contributed by atoms with Gasteiger partial charge in [-0.1, -0.05) is 12.1 Å². The molecule has 20 heavy (non-hydrogen) atoms. The molecule has 3 nitrogen and oxygen atoms in total. The largest absolute Gasteiger partial charge is 0.343 e. The molecule has 2 N–H and O–H groups in total. The Morgan fingerprint density at radius 1 is 1.35 bits per heavy atom. The summed E-state index contributed by atoms with van der Waals surface area (Å²) in [6.07, 6.45) is 2.47. The average Bonchev–Trinajstić information content (AvgIpc) is 2.49. The summed E-state index contributed by atoms with van der Waals surface area (Å²) in [5.41, 5.74) is 5.64. The van der Waals surface area contributed by atoms with E-state index in [0.717, 1.165) is 25.9 Å². The van der Waals surface area contributed by atoms with Gasteiger partial charge in [0.25, 0.3) is 0 Å². The van der Waals surface area contributed by atoms with Gasteiger partial charge in [0.15, 0.2) is 0 Å². The fourth-order valence-corrected chi connectivity index (χ4v) is 3.26. The molecule has 1 heterocycles. The molecule has 110 valence electrons. The van der Waals surface area contributed by atoms with Crippen LogP contribution in [-0.4, -0.2) is 36.2 Å². The van der Waals surface area contributed by atoms with E-state index >= 15 is 0 Å². The maximum atomic E-state index is 13.4. The van der Waals surface area contributed by atoms with Crippen LogP contribution in [0.5, 0.6) is 0 Å². The van der Waals surface area contributed by atoms with Crippen LogP contribution >= 0.6 is 11.8 Å². The molecular weight excluding hydrogens is 275 g/mol. The van der Waals surface area contributed by atoms with Crippen LogP contribution in [0.4, 0.5) is 4.39 Å². The predicted molar refractivity (Wildman–Crippen MR) is 80.1 cm³/mol. The third-order valence-corrected chi connectivity index (χ3v) is 4.76. The molecule has 1 aliphatic heterocycles. The zero-order chi connectivity index (χ0) is 14.4. The topological polar surface area (TPSA) is 46.3 Å². The Morgan fingerprint density at radius 3 is 2.70 bits per heavy atom. The molecule has 5 heteroatoms. The summed E-state index contributed by atoms with van der Waals surface area (Å²) in [6.45, 7) is 2.33. The zero-order valence-electron chi connectivity index (χ0n) is 11.6. The maximum absolute atomic E-state index is 13.4. The van der Waals surface area contributed by atoms with Gasteiger partial charge in [-0.05, 0) is 37.4 Å². The second-order valence-corrected chi connectivity index (χ2v) is 6.23. The summed E-state index contributed by atoms with van der Waals surface area (Å²) in [4.78, 5) is 14.6. The van der Waals surface area contributed by atoms with Gasteiger partial charge >= 0.3 is 0 Å². The van der Waals surface area contributed by atoms with Gasteiger partial charge in [0.1, 0.15) is 5.82 Å². The average molecular weight is 296 g/mol. The van der Waals surface area contributed by atoms with Crippen molar-refractivity contribution in [1.82, 2.24) is 4.90 Å². The van der Waals surface area contributed by atoms with Crippen LogP contribution in [0.25, 0.3) is 0 Å². The van der Waals surface area contributed by atoms with Gasteiger partial charge in [-0.15, -0.1) is 11.8 Å². The van der Waals surface area contributed by atoms with Crippen LogP contribution in [0.1, 0.15) is 19.3 Å². The first-order valence-corrected chi connectivity index (χ1v) is 8.04. The molecule has 1 aromatic rings. The number of amides is 1. The minimum absolute atomic E-state index is 0.171. The Morgan fingerprint density at radius 2 is 2.05 bits per heavy atom. The number of piperidine rings is 1. The first-order chi connectivity index (χ1) is 9.70. The number of rotatable bonds is 5. The molecule has 1 aliphatic rings. The number of likely N-dealkylation sites (tertiary alicyclic amines) is 1. The standard InChI is InChI=1S/C15H21FN2OS/c16-13-3-1-2-4-14(13)20-10-7-15(19)18-8-5-12(11-17)6-9-18/h1-4,12H,5-11,17H2. The van der Waals surface area contributed by atoms with Crippen molar-refractivity contribution >= 4 is 17.7 Å². The van der Waals surface area contributed by atoms with Gasteiger partial charge in [0, 0.05) is 30.2 Å². The molecule has 1 fully saturated rings. The number of nitrogens with zero attached hydrogens (tertiary/aromatic N) is 1. The molecular formula is C15H21FN2OS. The molecule has 0 aliphatic carbocycles. The number of thioether (sulfide) groups is 1. The molecule has 0 atom stereocenters. The van der Waals surface area contributed by atoms with E-state index in [1.54, 1.807) is 12.1 Å². The third-order valence-electron chi connectivity index (χ3n) is 3.71. The summed E-state index contributed by atoms with van der Waals surface area (Å²) < 4.78 is 13.4. The van der Waals surface area contributed by atoms with Crippen molar-refractivity contribution < 1.29 is 9.18 Å². The second-order valence-electron chi connectivity index (χ2n) is 5.09. The van der Waals surface area contributed by atoms with E-state index in [2.05, 4.69) is 0 Å². The van der Waals surface area contributed by atoms with Crippen LogP contribution in [-0.2, 0) is 4.79 Å². The SMILES string of the molecule is NCC1CCN(C(=O)CCSc2ccccc2F)CC1. The van der Waals surface area contributed by atoms with Gasteiger partial charge < -0.3 is 10.6 Å². The lowest BCUT2D eigenvalue weighted by Crippen LogP contribution is -2.40. The lowest BCUT2D eigenvalue weighted by atomic mass is 9.97. The highest BCUT2D eigenvalue weighted by molar-refractivity contribution is 7.99. The Bertz CT molecular complexity index is 447. The van der Waals surface area contributed by atoms with E-state index in [1.807, 2.05) is 11.0 Å². The van der Waals surface area contributed by atoms with E-state index in [-0.39, 0.29) is 11.7 Å². The Hall–Kier alpha value is -1.07. The minimum Gasteiger partial charge on any atom is -0.343 e. The summed E-state index contributed by atoms with van der Waals surface area (Å²) in [5, 5.41) is 0. The molecule has 2 rings (SSSR count). The van der Waals surface area contributed by atoms with Gasteiger partial charge in [0.05, 0.1) is 0 Å². The van der Waals surface area contributed by atoms with E-state index in [0.29, 0.717) is 29.5 Å². The van der Waals surface area contributed by atoms with Crippen molar-refractivity contribution in [1.29, 1.82) is 0 Å². The number of halogens is 1. The number of hydrogen-bond acceptors (Lipinski definition) is 3. The number of hydrogen-bond donors (Lipinski definition) is 1. The van der Waals surface area contributed by atoms with Crippen molar-refractivity contribution in [2.24, 2.45) is 11.7 Å². The summed E-state index contributed by atoms with van der Waals surface area (Å²) in [5.74, 6) is 1.14. The van der Waals surface area contributed by atoms with Crippen molar-refractivity contribution in [3.05, 3.63) is 30.1 Å². The van der Waals surface area contributed by atoms with Crippen molar-refractivity contribution in [2.45, 2.75) is 24.2 Å². The lowest BCUT2D eigenvalue weighted by molar-refractivity contribution is -0.132. The first-order valence-electron chi connectivity index (χ1n) is 7.06. The Kier molecular flexibility index (Phi) is 5.86. The van der Waals surface area contributed by atoms with E-state index in [4.69, 9.17) is 5.73 Å². The molecule has 0 saturated carbocycles. The number of nitrogens with two attached hydrogens (primary N) is 1. The summed E-state index contributed by atoms with van der Waals surface area (Å²) in [6, 6.07) is 6.68. The molecule has 0 radical (unpaired) electrons. The van der Waals surface area contributed by atoms with Gasteiger partial charge in [-0.3, -0.25) is 4.79 Å². The molecule has 0 spiro atoms. The Balaban J connectivity index is 1.72. The van der Waals surface area contributed by atoms with E-state index in [9.17, 15) is 9.18 Å². The third kappa shape index (κ3) is 4.21. The minimum atomic E-state index is -0.214. The number of carbonyl (C=O) groups excluding carboxylic acids is 1. The van der Waals surface area contributed by atoms with Crippen LogP contribution in [0.3, 0.4) is 0 Å². The predicted octanol–water partition coefficient (Wildman–Crippen LogP) is 2.51. The maximum Gasteiger partial charge on any atom is 0.223 e. The first kappa shape index (κ1) is 15.3. The normalized spacial score (nSPS) is 16.4.